The zero-order chi connectivity index (χ0) is 29.1. The van der Waals surface area contributed by atoms with Crippen molar-refractivity contribution in [1.29, 1.82) is 0 Å². The van der Waals surface area contributed by atoms with Crippen molar-refractivity contribution < 1.29 is 24.2 Å². The van der Waals surface area contributed by atoms with E-state index in [-0.39, 0.29) is 30.0 Å². The Morgan fingerprint density at radius 1 is 0.974 bits per heavy atom. The Bertz CT molecular complexity index is 1170. The highest BCUT2D eigenvalue weighted by Crippen LogP contribution is 2.38. The van der Waals surface area contributed by atoms with Gasteiger partial charge in [-0.1, -0.05) is 30.3 Å². The molecule has 2 unspecified atom stereocenters. The Kier molecular flexibility index (Phi) is 8.98. The Labute approximate surface area is 232 Å². The molecule has 39 heavy (non-hydrogen) atoms. The van der Waals surface area contributed by atoms with Crippen LogP contribution in [-0.4, -0.2) is 51.1 Å². The molecular weight excluding hydrogens is 494 g/mol. The minimum Gasteiger partial charge on any atom is -0.508 e. The Morgan fingerprint density at radius 3 is 2.03 bits per heavy atom. The van der Waals surface area contributed by atoms with Gasteiger partial charge in [-0.25, -0.2) is 4.79 Å². The molecule has 8 heteroatoms. The van der Waals surface area contributed by atoms with E-state index < -0.39 is 29.3 Å². The number of carbonyl (C=O) groups is 3. The van der Waals surface area contributed by atoms with Crippen LogP contribution in [0.1, 0.15) is 82.7 Å². The average molecular weight is 538 g/mol. The number of nitrogens with one attached hydrogen (secondary N) is 2. The predicted molar refractivity (Wildman–Crippen MR) is 151 cm³/mol. The van der Waals surface area contributed by atoms with Crippen molar-refractivity contribution in [2.45, 2.75) is 104 Å². The number of benzene rings is 2. The maximum absolute atomic E-state index is 14.4. The summed E-state index contributed by atoms with van der Waals surface area (Å²) >= 11 is 0. The number of hydrogen-bond acceptors (Lipinski definition) is 5. The number of rotatable bonds is 8. The third-order valence-corrected chi connectivity index (χ3v) is 6.40. The molecule has 8 nitrogen and oxygen atoms in total. The average Bonchev–Trinajstić information content (AvgIpc) is 3.61. The molecule has 0 saturated heterocycles. The minimum atomic E-state index is -0.987. The maximum Gasteiger partial charge on any atom is 0.408 e. The van der Waals surface area contributed by atoms with Gasteiger partial charge in [-0.3, -0.25) is 9.59 Å². The first-order valence-electron chi connectivity index (χ1n) is 13.5. The van der Waals surface area contributed by atoms with Crippen molar-refractivity contribution in [3.63, 3.8) is 0 Å². The van der Waals surface area contributed by atoms with E-state index in [1.807, 2.05) is 52.8 Å². The molecule has 2 aromatic carbocycles. The molecule has 0 heterocycles. The van der Waals surface area contributed by atoms with Gasteiger partial charge in [0, 0.05) is 18.0 Å². The van der Waals surface area contributed by atoms with Crippen LogP contribution < -0.4 is 10.6 Å². The number of alkyl carbamates (subject to hydrolysis) is 1. The van der Waals surface area contributed by atoms with Gasteiger partial charge in [0.15, 0.2) is 0 Å². The lowest BCUT2D eigenvalue weighted by atomic mass is 9.92. The normalized spacial score (nSPS) is 15.2. The quantitative estimate of drug-likeness (QED) is 0.435. The van der Waals surface area contributed by atoms with E-state index in [2.05, 4.69) is 10.6 Å². The van der Waals surface area contributed by atoms with Crippen molar-refractivity contribution in [2.24, 2.45) is 0 Å². The lowest BCUT2D eigenvalue weighted by Crippen LogP contribution is -2.56. The molecule has 0 bridgehead atoms. The fourth-order valence-corrected chi connectivity index (χ4v) is 4.66. The SMILES string of the molecule is Cc1cccc(C)c1C(C(=O)NC(C)(C)C)N(C(=O)C(Cc1ccc(O)cc1)NC(=O)OC(C)(C)C)C1CC1. The van der Waals surface area contributed by atoms with E-state index in [4.69, 9.17) is 4.74 Å². The third kappa shape index (κ3) is 8.47. The first-order valence-corrected chi connectivity index (χ1v) is 13.5. The predicted octanol–water partition coefficient (Wildman–Crippen LogP) is 5.09. The fourth-order valence-electron chi connectivity index (χ4n) is 4.66. The number of amides is 3. The summed E-state index contributed by atoms with van der Waals surface area (Å²) in [5.41, 5.74) is 2.11. The van der Waals surface area contributed by atoms with Crippen LogP contribution >= 0.6 is 0 Å². The van der Waals surface area contributed by atoms with Crippen molar-refractivity contribution in [3.05, 3.63) is 64.7 Å². The summed E-state index contributed by atoms with van der Waals surface area (Å²) in [6.45, 7) is 14.9. The lowest BCUT2D eigenvalue weighted by molar-refractivity contribution is -0.143. The molecule has 0 aliphatic heterocycles. The zero-order valence-corrected chi connectivity index (χ0v) is 24.4. The van der Waals surface area contributed by atoms with Crippen molar-refractivity contribution in [2.75, 3.05) is 0 Å². The van der Waals surface area contributed by atoms with Crippen LogP contribution in [0.15, 0.2) is 42.5 Å². The summed E-state index contributed by atoms with van der Waals surface area (Å²) < 4.78 is 5.49. The van der Waals surface area contributed by atoms with Crippen LogP contribution in [0.25, 0.3) is 0 Å². The Hall–Kier alpha value is -3.55. The number of phenolic OH excluding ortho intramolecular Hbond substituents is 1. The fraction of sp³-hybridized carbons (Fsp3) is 0.516. The second kappa shape index (κ2) is 11.7. The molecule has 3 N–H and O–H groups in total. The van der Waals surface area contributed by atoms with Gasteiger partial charge < -0.3 is 25.4 Å². The molecule has 0 spiro atoms. The first kappa shape index (κ1) is 30.0. The number of hydrogen-bond donors (Lipinski definition) is 3. The highest BCUT2D eigenvalue weighted by Gasteiger charge is 2.45. The number of aryl methyl sites for hydroxylation is 2. The summed E-state index contributed by atoms with van der Waals surface area (Å²) in [7, 11) is 0. The number of nitrogens with zero attached hydrogens (tertiary/aromatic N) is 1. The lowest BCUT2D eigenvalue weighted by Gasteiger charge is -2.37. The van der Waals surface area contributed by atoms with Crippen LogP contribution in [0.5, 0.6) is 5.75 Å². The molecule has 1 aliphatic rings. The topological polar surface area (TPSA) is 108 Å². The van der Waals surface area contributed by atoms with Crippen LogP contribution in [0.2, 0.25) is 0 Å². The highest BCUT2D eigenvalue weighted by molar-refractivity contribution is 5.93. The molecule has 2 atom stereocenters. The maximum atomic E-state index is 14.4. The van der Waals surface area contributed by atoms with Gasteiger partial charge >= 0.3 is 6.09 Å². The molecule has 0 aromatic heterocycles. The molecule has 0 radical (unpaired) electrons. The van der Waals surface area contributed by atoms with E-state index in [9.17, 15) is 19.5 Å². The molecule has 3 amide bonds. The molecule has 1 fully saturated rings. The van der Waals surface area contributed by atoms with Gasteiger partial charge in [0.2, 0.25) is 11.8 Å². The third-order valence-electron chi connectivity index (χ3n) is 6.40. The van der Waals surface area contributed by atoms with Crippen LogP contribution in [-0.2, 0) is 20.7 Å². The largest absolute Gasteiger partial charge is 0.508 e. The zero-order valence-electron chi connectivity index (χ0n) is 24.4. The van der Waals surface area contributed by atoms with Crippen molar-refractivity contribution >= 4 is 17.9 Å². The molecule has 1 aliphatic carbocycles. The van der Waals surface area contributed by atoms with Crippen molar-refractivity contribution in [3.8, 4) is 5.75 Å². The standard InChI is InChI=1S/C31H43N3O5/c1-19-10-9-11-20(2)25(19)26(27(36)33-30(3,4)5)34(22-14-15-22)28(37)24(32-29(38)39-31(6,7)8)18-21-12-16-23(35)17-13-21/h9-13,16-17,22,24,26,35H,14-15,18H2,1-8H3,(H,32,38)(H,33,36). The van der Waals surface area contributed by atoms with Gasteiger partial charge in [0.25, 0.3) is 0 Å². The van der Waals surface area contributed by atoms with Crippen LogP contribution in [0, 0.1) is 13.8 Å². The van der Waals surface area contributed by atoms with Crippen LogP contribution in [0.3, 0.4) is 0 Å². The monoisotopic (exact) mass is 537 g/mol. The smallest absolute Gasteiger partial charge is 0.408 e. The number of phenols is 1. The molecule has 3 rings (SSSR count). The first-order chi connectivity index (χ1) is 18.1. The Morgan fingerprint density at radius 2 is 1.54 bits per heavy atom. The van der Waals surface area contributed by atoms with E-state index in [1.165, 1.54) is 0 Å². The molecule has 212 valence electrons. The number of aromatic hydroxyl groups is 1. The second-order valence-corrected chi connectivity index (χ2v) is 12.5. The van der Waals surface area contributed by atoms with Gasteiger partial charge in [0.05, 0.1) is 0 Å². The Balaban J connectivity index is 2.07. The summed E-state index contributed by atoms with van der Waals surface area (Å²) in [5.74, 6) is -0.510. The van der Waals surface area contributed by atoms with E-state index >= 15 is 0 Å². The van der Waals surface area contributed by atoms with Gasteiger partial charge in [-0.2, -0.15) is 0 Å². The summed E-state index contributed by atoms with van der Waals surface area (Å²) in [5, 5.41) is 15.6. The summed E-state index contributed by atoms with van der Waals surface area (Å²) in [4.78, 5) is 42.9. The van der Waals surface area contributed by atoms with Crippen molar-refractivity contribution in [1.82, 2.24) is 15.5 Å². The van der Waals surface area contributed by atoms with Gasteiger partial charge in [-0.15, -0.1) is 0 Å². The number of ether oxygens (including phenoxy) is 1. The van der Waals surface area contributed by atoms with Gasteiger partial charge in [-0.05, 0) is 103 Å². The van der Waals surface area contributed by atoms with Gasteiger partial charge in [0.1, 0.15) is 23.4 Å². The van der Waals surface area contributed by atoms with E-state index in [0.717, 1.165) is 35.1 Å². The minimum absolute atomic E-state index is 0.107. The summed E-state index contributed by atoms with van der Waals surface area (Å²) in [6.07, 6.45) is 1.00. The van der Waals surface area contributed by atoms with Crippen LogP contribution in [0.4, 0.5) is 4.79 Å². The second-order valence-electron chi connectivity index (χ2n) is 12.5. The highest BCUT2D eigenvalue weighted by atomic mass is 16.6. The summed E-state index contributed by atoms with van der Waals surface area (Å²) in [6, 6.07) is 10.4. The molecule has 1 saturated carbocycles. The van der Waals surface area contributed by atoms with E-state index in [0.29, 0.717) is 0 Å². The molecule has 2 aromatic rings. The molecular formula is C31H43N3O5. The number of carbonyl (C=O) groups excluding carboxylic acids is 3. The van der Waals surface area contributed by atoms with E-state index in [1.54, 1.807) is 49.9 Å².